The van der Waals surface area contributed by atoms with E-state index >= 15 is 0 Å². The molecule has 2 aromatic carbocycles. The molecule has 1 aliphatic heterocycles. The second kappa shape index (κ2) is 6.32. The van der Waals surface area contributed by atoms with E-state index in [1.54, 1.807) is 0 Å². The van der Waals surface area contributed by atoms with Crippen molar-refractivity contribution in [3.63, 3.8) is 0 Å². The minimum atomic E-state index is -0.781. The van der Waals surface area contributed by atoms with Gasteiger partial charge in [0.25, 0.3) is 0 Å². The molecule has 3 nitrogen and oxygen atoms in total. The standard InChI is InChI=1S/C19H21NO2/c21-18(22)19(14-16-8-3-1-4-9-16)12-7-13-20(19)15-17-10-5-2-6-11-17/h1-6,8-11H,7,12-15H2,(H,21,22)/t19-/m1/s1. The molecule has 0 unspecified atom stereocenters. The molecular weight excluding hydrogens is 274 g/mol. The number of benzene rings is 2. The van der Waals surface area contributed by atoms with E-state index < -0.39 is 11.5 Å². The van der Waals surface area contributed by atoms with Crippen LogP contribution in [0.4, 0.5) is 0 Å². The topological polar surface area (TPSA) is 40.5 Å². The smallest absolute Gasteiger partial charge is 0.324 e. The number of rotatable bonds is 5. The van der Waals surface area contributed by atoms with Crippen LogP contribution in [-0.4, -0.2) is 28.1 Å². The molecule has 1 fully saturated rings. The molecule has 0 bridgehead atoms. The highest BCUT2D eigenvalue weighted by Crippen LogP contribution is 2.34. The predicted octanol–water partition coefficient (Wildman–Crippen LogP) is 3.35. The number of aliphatic carboxylic acids is 1. The van der Waals surface area contributed by atoms with Crippen LogP contribution >= 0.6 is 0 Å². The van der Waals surface area contributed by atoms with Gasteiger partial charge in [0, 0.05) is 13.0 Å². The third-order valence-corrected chi connectivity index (χ3v) is 4.58. The van der Waals surface area contributed by atoms with Crippen molar-refractivity contribution in [2.45, 2.75) is 31.3 Å². The van der Waals surface area contributed by atoms with Crippen LogP contribution in [0.3, 0.4) is 0 Å². The first-order valence-corrected chi connectivity index (χ1v) is 7.77. The molecule has 0 radical (unpaired) electrons. The summed E-state index contributed by atoms with van der Waals surface area (Å²) in [6, 6.07) is 20.1. The summed E-state index contributed by atoms with van der Waals surface area (Å²) in [6.07, 6.45) is 2.21. The van der Waals surface area contributed by atoms with Crippen LogP contribution in [0.15, 0.2) is 60.7 Å². The minimum Gasteiger partial charge on any atom is -0.480 e. The summed E-state index contributed by atoms with van der Waals surface area (Å²) in [6.45, 7) is 1.54. The molecule has 0 amide bonds. The van der Waals surface area contributed by atoms with E-state index in [0.717, 1.165) is 18.5 Å². The Bertz CT molecular complexity index is 626. The van der Waals surface area contributed by atoms with Crippen molar-refractivity contribution in [1.82, 2.24) is 4.90 Å². The monoisotopic (exact) mass is 295 g/mol. The van der Waals surface area contributed by atoms with Crippen molar-refractivity contribution in [1.29, 1.82) is 0 Å². The Kier molecular flexibility index (Phi) is 4.25. The van der Waals surface area contributed by atoms with Gasteiger partial charge in [-0.25, -0.2) is 0 Å². The number of likely N-dealkylation sites (tertiary alicyclic amines) is 1. The lowest BCUT2D eigenvalue weighted by Gasteiger charge is -2.35. The second-order valence-corrected chi connectivity index (χ2v) is 6.01. The largest absolute Gasteiger partial charge is 0.480 e. The number of carbonyl (C=O) groups is 1. The summed E-state index contributed by atoms with van der Waals surface area (Å²) in [5.41, 5.74) is 1.48. The molecule has 1 atom stereocenters. The molecule has 3 heteroatoms. The predicted molar refractivity (Wildman–Crippen MR) is 86.6 cm³/mol. The lowest BCUT2D eigenvalue weighted by atomic mass is 9.88. The molecule has 22 heavy (non-hydrogen) atoms. The maximum absolute atomic E-state index is 12.1. The van der Waals surface area contributed by atoms with E-state index in [0.29, 0.717) is 19.4 Å². The molecule has 1 heterocycles. The third kappa shape index (κ3) is 2.90. The summed E-state index contributed by atoms with van der Waals surface area (Å²) >= 11 is 0. The highest BCUT2D eigenvalue weighted by atomic mass is 16.4. The van der Waals surface area contributed by atoms with E-state index in [1.807, 2.05) is 48.5 Å². The Labute approximate surface area is 131 Å². The summed E-state index contributed by atoms with van der Waals surface area (Å²) in [7, 11) is 0. The van der Waals surface area contributed by atoms with Gasteiger partial charge in [0.1, 0.15) is 5.54 Å². The Morgan fingerprint density at radius 1 is 1.00 bits per heavy atom. The van der Waals surface area contributed by atoms with Gasteiger partial charge in [0.2, 0.25) is 0 Å². The summed E-state index contributed by atoms with van der Waals surface area (Å²) in [4.78, 5) is 14.2. The molecule has 3 rings (SSSR count). The quantitative estimate of drug-likeness (QED) is 0.919. The van der Waals surface area contributed by atoms with Gasteiger partial charge in [-0.3, -0.25) is 9.69 Å². The molecule has 1 saturated heterocycles. The lowest BCUT2D eigenvalue weighted by Crippen LogP contribution is -2.51. The van der Waals surface area contributed by atoms with Crippen molar-refractivity contribution < 1.29 is 9.90 Å². The Balaban J connectivity index is 1.86. The van der Waals surface area contributed by atoms with E-state index in [9.17, 15) is 9.90 Å². The van der Waals surface area contributed by atoms with Crippen LogP contribution in [0.2, 0.25) is 0 Å². The van der Waals surface area contributed by atoms with E-state index in [2.05, 4.69) is 17.0 Å². The number of carboxylic acids is 1. The molecule has 2 aromatic rings. The molecule has 0 saturated carbocycles. The fraction of sp³-hybridized carbons (Fsp3) is 0.316. The number of carboxylic acid groups (broad SMARTS) is 1. The Hall–Kier alpha value is -2.13. The van der Waals surface area contributed by atoms with Crippen LogP contribution in [0, 0.1) is 0 Å². The zero-order chi connectivity index (χ0) is 15.4. The van der Waals surface area contributed by atoms with Gasteiger partial charge in [0.15, 0.2) is 0 Å². The zero-order valence-corrected chi connectivity index (χ0v) is 12.6. The second-order valence-electron chi connectivity index (χ2n) is 6.01. The number of hydrogen-bond donors (Lipinski definition) is 1. The Morgan fingerprint density at radius 2 is 1.59 bits per heavy atom. The lowest BCUT2D eigenvalue weighted by molar-refractivity contribution is -0.150. The van der Waals surface area contributed by atoms with Gasteiger partial charge in [-0.2, -0.15) is 0 Å². The fourth-order valence-electron chi connectivity index (χ4n) is 3.42. The molecule has 0 aliphatic carbocycles. The highest BCUT2D eigenvalue weighted by Gasteiger charge is 2.47. The van der Waals surface area contributed by atoms with Crippen LogP contribution < -0.4 is 0 Å². The van der Waals surface area contributed by atoms with Crippen molar-refractivity contribution in [2.24, 2.45) is 0 Å². The van der Waals surface area contributed by atoms with Crippen LogP contribution in [0.25, 0.3) is 0 Å². The van der Waals surface area contributed by atoms with Crippen molar-refractivity contribution >= 4 is 5.97 Å². The number of nitrogens with zero attached hydrogens (tertiary/aromatic N) is 1. The van der Waals surface area contributed by atoms with Gasteiger partial charge in [-0.05, 0) is 30.5 Å². The van der Waals surface area contributed by atoms with Crippen molar-refractivity contribution in [2.75, 3.05) is 6.54 Å². The summed E-state index contributed by atoms with van der Waals surface area (Å²) in [5, 5.41) is 9.93. The molecule has 114 valence electrons. The zero-order valence-electron chi connectivity index (χ0n) is 12.6. The van der Waals surface area contributed by atoms with E-state index in [1.165, 1.54) is 5.56 Å². The average molecular weight is 295 g/mol. The third-order valence-electron chi connectivity index (χ3n) is 4.58. The van der Waals surface area contributed by atoms with Gasteiger partial charge in [-0.15, -0.1) is 0 Å². The molecule has 1 aliphatic rings. The van der Waals surface area contributed by atoms with Crippen molar-refractivity contribution in [3.05, 3.63) is 71.8 Å². The minimum absolute atomic E-state index is 0.565. The van der Waals surface area contributed by atoms with Crippen molar-refractivity contribution in [3.8, 4) is 0 Å². The average Bonchev–Trinajstić information content (AvgIpc) is 2.93. The van der Waals surface area contributed by atoms with Gasteiger partial charge in [-0.1, -0.05) is 60.7 Å². The van der Waals surface area contributed by atoms with Gasteiger partial charge in [0.05, 0.1) is 0 Å². The van der Waals surface area contributed by atoms with Gasteiger partial charge < -0.3 is 5.11 Å². The SMILES string of the molecule is O=C(O)[C@]1(Cc2ccccc2)CCCN1Cc1ccccc1. The first kappa shape index (κ1) is 14.8. The van der Waals surface area contributed by atoms with Crippen LogP contribution in [0.5, 0.6) is 0 Å². The first-order chi connectivity index (χ1) is 10.7. The normalized spacial score (nSPS) is 21.8. The molecule has 1 N–H and O–H groups in total. The van der Waals surface area contributed by atoms with Crippen LogP contribution in [-0.2, 0) is 17.8 Å². The maximum Gasteiger partial charge on any atom is 0.324 e. The molecular formula is C19H21NO2. The fourth-order valence-corrected chi connectivity index (χ4v) is 3.42. The Morgan fingerprint density at radius 3 is 2.18 bits per heavy atom. The molecule has 0 spiro atoms. The van der Waals surface area contributed by atoms with Crippen LogP contribution in [0.1, 0.15) is 24.0 Å². The van der Waals surface area contributed by atoms with E-state index in [4.69, 9.17) is 0 Å². The van der Waals surface area contributed by atoms with E-state index in [-0.39, 0.29) is 0 Å². The summed E-state index contributed by atoms with van der Waals surface area (Å²) in [5.74, 6) is -0.704. The maximum atomic E-state index is 12.1. The number of hydrogen-bond acceptors (Lipinski definition) is 2. The highest BCUT2D eigenvalue weighted by molar-refractivity contribution is 5.79. The summed E-state index contributed by atoms with van der Waals surface area (Å²) < 4.78 is 0. The first-order valence-electron chi connectivity index (χ1n) is 7.77. The van der Waals surface area contributed by atoms with Gasteiger partial charge >= 0.3 is 5.97 Å². The molecule has 0 aromatic heterocycles.